The zero-order chi connectivity index (χ0) is 15.1. The monoisotopic (exact) mass is 292 g/mol. The van der Waals surface area contributed by atoms with E-state index in [1.54, 1.807) is 20.9 Å². The number of aryl methyl sites for hydroxylation is 1. The first-order valence-corrected chi connectivity index (χ1v) is 7.27. The Morgan fingerprint density at radius 2 is 2.10 bits per heavy atom. The molecule has 2 rings (SSSR count). The number of amides is 1. The Morgan fingerprint density at radius 3 is 2.70 bits per heavy atom. The second-order valence-corrected chi connectivity index (χ2v) is 6.87. The van der Waals surface area contributed by atoms with Gasteiger partial charge in [0.05, 0.1) is 11.3 Å². The Bertz CT molecular complexity index is 656. The first kappa shape index (κ1) is 14.8. The minimum absolute atomic E-state index is 0.150. The number of nitrogen functional groups attached to an aromatic ring is 1. The van der Waals surface area contributed by atoms with Crippen LogP contribution in [0.15, 0.2) is 18.2 Å². The summed E-state index contributed by atoms with van der Waals surface area (Å²) in [7, 11) is 1.68. The molecule has 0 radical (unpaired) electrons. The summed E-state index contributed by atoms with van der Waals surface area (Å²) in [6, 6.07) is 5.99. The van der Waals surface area contributed by atoms with Gasteiger partial charge >= 0.3 is 0 Å². The molecule has 20 heavy (non-hydrogen) atoms. The van der Waals surface area contributed by atoms with E-state index in [0.717, 1.165) is 15.6 Å². The lowest BCUT2D eigenvalue weighted by Crippen LogP contribution is -2.39. The molecule has 0 saturated carbocycles. The number of aliphatic hydroxyl groups is 1. The highest BCUT2D eigenvalue weighted by atomic mass is 32.1. The second-order valence-electron chi connectivity index (χ2n) is 5.82. The van der Waals surface area contributed by atoms with Gasteiger partial charge in [-0.1, -0.05) is 11.6 Å². The molecule has 0 fully saturated rings. The zero-order valence-electron chi connectivity index (χ0n) is 12.2. The van der Waals surface area contributed by atoms with Crippen molar-refractivity contribution >= 4 is 33.0 Å². The number of thiophene rings is 1. The summed E-state index contributed by atoms with van der Waals surface area (Å²) in [6.07, 6.45) is 0. The van der Waals surface area contributed by atoms with Gasteiger partial charge in [0.25, 0.3) is 5.91 Å². The van der Waals surface area contributed by atoms with Crippen LogP contribution in [0.3, 0.4) is 0 Å². The van der Waals surface area contributed by atoms with Gasteiger partial charge in [-0.05, 0) is 32.9 Å². The molecule has 4 nitrogen and oxygen atoms in total. The molecule has 0 bridgehead atoms. The lowest BCUT2D eigenvalue weighted by atomic mass is 10.1. The predicted molar refractivity (Wildman–Crippen MR) is 84.2 cm³/mol. The number of benzene rings is 1. The second kappa shape index (κ2) is 5.07. The van der Waals surface area contributed by atoms with Crippen LogP contribution in [0, 0.1) is 6.92 Å². The number of rotatable bonds is 3. The Morgan fingerprint density at radius 1 is 1.45 bits per heavy atom. The fourth-order valence-corrected chi connectivity index (χ4v) is 3.31. The number of anilines is 1. The van der Waals surface area contributed by atoms with Crippen molar-refractivity contribution in [1.82, 2.24) is 4.90 Å². The summed E-state index contributed by atoms with van der Waals surface area (Å²) >= 11 is 1.40. The van der Waals surface area contributed by atoms with Gasteiger partial charge in [0.1, 0.15) is 4.88 Å². The molecule has 1 aromatic carbocycles. The van der Waals surface area contributed by atoms with Crippen molar-refractivity contribution in [2.75, 3.05) is 19.3 Å². The minimum atomic E-state index is -0.924. The third-order valence-corrected chi connectivity index (χ3v) is 4.22. The topological polar surface area (TPSA) is 66.6 Å². The van der Waals surface area contributed by atoms with Crippen molar-refractivity contribution < 1.29 is 9.90 Å². The van der Waals surface area contributed by atoms with Gasteiger partial charge in [0, 0.05) is 23.7 Å². The number of hydrogen-bond acceptors (Lipinski definition) is 4. The lowest BCUT2D eigenvalue weighted by molar-refractivity contribution is 0.0371. The van der Waals surface area contributed by atoms with E-state index in [4.69, 9.17) is 5.73 Å². The molecule has 0 aliphatic heterocycles. The number of nitrogens with two attached hydrogens (primary N) is 1. The normalized spacial score (nSPS) is 11.8. The number of hydrogen-bond donors (Lipinski definition) is 2. The van der Waals surface area contributed by atoms with E-state index in [9.17, 15) is 9.90 Å². The van der Waals surface area contributed by atoms with Crippen LogP contribution in [0.5, 0.6) is 0 Å². The molecule has 1 aromatic heterocycles. The van der Waals surface area contributed by atoms with Crippen molar-refractivity contribution in [3.05, 3.63) is 28.6 Å². The van der Waals surface area contributed by atoms with Crippen LogP contribution in [0.25, 0.3) is 10.1 Å². The molecule has 1 heterocycles. The molecule has 2 aromatic rings. The predicted octanol–water partition coefficient (Wildman–Crippen LogP) is 2.63. The van der Waals surface area contributed by atoms with Gasteiger partial charge in [-0.15, -0.1) is 11.3 Å². The lowest BCUT2D eigenvalue weighted by Gasteiger charge is -2.25. The fourth-order valence-electron chi connectivity index (χ4n) is 2.21. The highest BCUT2D eigenvalue weighted by molar-refractivity contribution is 7.21. The van der Waals surface area contributed by atoms with E-state index in [-0.39, 0.29) is 12.5 Å². The molecule has 1 amide bonds. The van der Waals surface area contributed by atoms with E-state index >= 15 is 0 Å². The van der Waals surface area contributed by atoms with Gasteiger partial charge < -0.3 is 15.7 Å². The van der Waals surface area contributed by atoms with Crippen LogP contribution < -0.4 is 5.73 Å². The van der Waals surface area contributed by atoms with E-state index in [2.05, 4.69) is 0 Å². The third kappa shape index (κ3) is 2.94. The quantitative estimate of drug-likeness (QED) is 0.914. The van der Waals surface area contributed by atoms with Crippen LogP contribution in [0.1, 0.15) is 29.1 Å². The van der Waals surface area contributed by atoms with Crippen molar-refractivity contribution in [2.24, 2.45) is 0 Å². The van der Waals surface area contributed by atoms with E-state index in [1.165, 1.54) is 16.2 Å². The number of carbonyl (C=O) groups is 1. The number of carbonyl (C=O) groups excluding carboxylic acids is 1. The van der Waals surface area contributed by atoms with Gasteiger partial charge in [-0.25, -0.2) is 0 Å². The van der Waals surface area contributed by atoms with Crippen LogP contribution in [0.2, 0.25) is 0 Å². The summed E-state index contributed by atoms with van der Waals surface area (Å²) in [4.78, 5) is 14.5. The van der Waals surface area contributed by atoms with Crippen LogP contribution in [-0.2, 0) is 0 Å². The molecule has 0 saturated heterocycles. The van der Waals surface area contributed by atoms with E-state index < -0.39 is 5.60 Å². The highest BCUT2D eigenvalue weighted by Crippen LogP contribution is 2.34. The Kier molecular flexibility index (Phi) is 3.75. The zero-order valence-corrected chi connectivity index (χ0v) is 13.0. The number of fused-ring (bicyclic) bond motifs is 1. The molecule has 0 aliphatic carbocycles. The van der Waals surface area contributed by atoms with E-state index in [1.807, 2.05) is 25.1 Å². The number of likely N-dealkylation sites (N-methyl/N-ethyl adjacent to an activating group) is 1. The van der Waals surface area contributed by atoms with Crippen LogP contribution in [0.4, 0.5) is 5.69 Å². The average Bonchev–Trinajstić information content (AvgIpc) is 2.64. The Hall–Kier alpha value is -1.59. The number of nitrogens with zero attached hydrogens (tertiary/aromatic N) is 1. The van der Waals surface area contributed by atoms with Crippen molar-refractivity contribution in [3.8, 4) is 0 Å². The maximum absolute atomic E-state index is 12.4. The van der Waals surface area contributed by atoms with Crippen LogP contribution in [-0.4, -0.2) is 35.1 Å². The third-order valence-electron chi connectivity index (χ3n) is 3.05. The molecule has 0 spiro atoms. The van der Waals surface area contributed by atoms with E-state index in [0.29, 0.717) is 10.6 Å². The molecule has 3 N–H and O–H groups in total. The fraction of sp³-hybridized carbons (Fsp3) is 0.400. The van der Waals surface area contributed by atoms with Gasteiger partial charge in [0.15, 0.2) is 0 Å². The minimum Gasteiger partial charge on any atom is -0.397 e. The van der Waals surface area contributed by atoms with Crippen molar-refractivity contribution in [2.45, 2.75) is 26.4 Å². The van der Waals surface area contributed by atoms with Crippen LogP contribution >= 0.6 is 11.3 Å². The molecular weight excluding hydrogens is 272 g/mol. The smallest absolute Gasteiger partial charge is 0.265 e. The molecule has 108 valence electrons. The summed E-state index contributed by atoms with van der Waals surface area (Å²) in [5.41, 5.74) is 6.83. The SMILES string of the molecule is Cc1ccc2sc(C(=O)N(C)CC(C)(C)O)c(N)c2c1. The van der Waals surface area contributed by atoms with Crippen molar-refractivity contribution in [1.29, 1.82) is 0 Å². The molecule has 5 heteroatoms. The largest absolute Gasteiger partial charge is 0.397 e. The summed E-state index contributed by atoms with van der Waals surface area (Å²) in [6.45, 7) is 5.61. The van der Waals surface area contributed by atoms with Gasteiger partial charge in [-0.3, -0.25) is 4.79 Å². The molecule has 0 unspecified atom stereocenters. The maximum atomic E-state index is 12.4. The summed E-state index contributed by atoms with van der Waals surface area (Å²) in [5.74, 6) is -0.150. The Labute approximate surface area is 122 Å². The van der Waals surface area contributed by atoms with Gasteiger partial charge in [-0.2, -0.15) is 0 Å². The maximum Gasteiger partial charge on any atom is 0.265 e. The first-order chi connectivity index (χ1) is 9.19. The average molecular weight is 292 g/mol. The summed E-state index contributed by atoms with van der Waals surface area (Å²) < 4.78 is 1.01. The summed E-state index contributed by atoms with van der Waals surface area (Å²) in [5, 5.41) is 10.7. The molecule has 0 atom stereocenters. The molecular formula is C15H20N2O2S. The first-order valence-electron chi connectivity index (χ1n) is 6.45. The van der Waals surface area contributed by atoms with Gasteiger partial charge in [0.2, 0.25) is 0 Å². The highest BCUT2D eigenvalue weighted by Gasteiger charge is 2.24. The Balaban J connectivity index is 2.38. The van der Waals surface area contributed by atoms with Crippen molar-refractivity contribution in [3.63, 3.8) is 0 Å². The molecule has 0 aliphatic rings. The standard InChI is InChI=1S/C15H20N2O2S/c1-9-5-6-11-10(7-9)12(16)13(20-11)14(18)17(4)8-15(2,3)19/h5-7,19H,8,16H2,1-4H3.